The summed E-state index contributed by atoms with van der Waals surface area (Å²) in [6, 6.07) is 3.38. The van der Waals surface area contributed by atoms with Crippen LogP contribution in [0.1, 0.15) is 17.4 Å². The number of hydrogen-bond acceptors (Lipinski definition) is 5. The molecular weight excluding hydrogens is 292 g/mol. The van der Waals surface area contributed by atoms with Gasteiger partial charge in [-0.2, -0.15) is 0 Å². The van der Waals surface area contributed by atoms with E-state index in [2.05, 4.69) is 27.4 Å². The predicted molar refractivity (Wildman–Crippen MR) is 83.0 cm³/mol. The van der Waals surface area contributed by atoms with Crippen molar-refractivity contribution in [3.8, 4) is 0 Å². The molecule has 2 heterocycles. The lowest BCUT2D eigenvalue weighted by atomic mass is 10.2. The molecule has 116 valence electrons. The number of aromatic nitrogens is 1. The topological polar surface area (TPSA) is 66.5 Å². The van der Waals surface area contributed by atoms with Gasteiger partial charge in [-0.25, -0.2) is 4.98 Å². The number of amides is 1. The number of morpholine rings is 1. The number of likely N-dealkylation sites (N-methyl/N-ethyl adjacent to an activating group) is 1. The van der Waals surface area contributed by atoms with Gasteiger partial charge in [-0.15, -0.1) is 0 Å². The van der Waals surface area contributed by atoms with Crippen molar-refractivity contribution in [2.75, 3.05) is 45.2 Å². The maximum absolute atomic E-state index is 12.2. The molecule has 7 heteroatoms. The minimum Gasteiger partial charge on any atom is -0.374 e. The second-order valence-corrected chi connectivity index (χ2v) is 5.28. The number of nitrogens with zero attached hydrogens (tertiary/aromatic N) is 2. The van der Waals surface area contributed by atoms with Crippen LogP contribution in [-0.2, 0) is 4.74 Å². The van der Waals surface area contributed by atoms with E-state index in [4.69, 9.17) is 16.3 Å². The highest BCUT2D eigenvalue weighted by Gasteiger charge is 2.21. The molecule has 2 rings (SSSR count). The Bertz CT molecular complexity index is 498. The fraction of sp³-hybridized carbons (Fsp3) is 0.571. The van der Waals surface area contributed by atoms with Gasteiger partial charge in [0.1, 0.15) is 11.5 Å². The van der Waals surface area contributed by atoms with Gasteiger partial charge < -0.3 is 15.4 Å². The number of pyridine rings is 1. The van der Waals surface area contributed by atoms with Crippen molar-refractivity contribution in [2.45, 2.75) is 13.0 Å². The van der Waals surface area contributed by atoms with E-state index in [9.17, 15) is 4.79 Å². The maximum atomic E-state index is 12.2. The molecule has 1 atom stereocenters. The van der Waals surface area contributed by atoms with Crippen LogP contribution in [0.3, 0.4) is 0 Å². The summed E-state index contributed by atoms with van der Waals surface area (Å²) in [5.41, 5.74) is 0.228. The number of carbonyl (C=O) groups is 1. The molecule has 1 fully saturated rings. The molecule has 0 saturated carbocycles. The molecule has 1 amide bonds. The van der Waals surface area contributed by atoms with Crippen LogP contribution in [0.4, 0.5) is 5.82 Å². The first kappa shape index (κ1) is 16.0. The molecule has 1 aromatic rings. The Morgan fingerprint density at radius 3 is 3.10 bits per heavy atom. The van der Waals surface area contributed by atoms with Crippen LogP contribution in [0, 0.1) is 0 Å². The molecule has 0 aliphatic carbocycles. The molecule has 6 nitrogen and oxygen atoms in total. The summed E-state index contributed by atoms with van der Waals surface area (Å²) in [7, 11) is 1.74. The third-order valence-electron chi connectivity index (χ3n) is 3.48. The number of ether oxygens (including phenoxy) is 1. The standard InChI is InChI=1S/C14H21ClN4O2/c1-3-19-6-7-21-10(9-19)8-17-14(20)13-11(15)4-5-12(16-2)18-13/h4-5,10H,3,6-9H2,1-2H3,(H,16,18)(H,17,20). The number of carbonyl (C=O) groups excluding carboxylic acids is 1. The minimum atomic E-state index is -0.283. The zero-order chi connectivity index (χ0) is 15.2. The molecule has 21 heavy (non-hydrogen) atoms. The maximum Gasteiger partial charge on any atom is 0.271 e. The van der Waals surface area contributed by atoms with Gasteiger partial charge in [-0.1, -0.05) is 18.5 Å². The van der Waals surface area contributed by atoms with Gasteiger partial charge in [0.15, 0.2) is 0 Å². The summed E-state index contributed by atoms with van der Waals surface area (Å²) in [4.78, 5) is 18.7. The Labute approximate surface area is 129 Å². The van der Waals surface area contributed by atoms with Crippen molar-refractivity contribution in [3.05, 3.63) is 22.8 Å². The average molecular weight is 313 g/mol. The van der Waals surface area contributed by atoms with Crippen molar-refractivity contribution in [2.24, 2.45) is 0 Å². The smallest absolute Gasteiger partial charge is 0.271 e. The lowest BCUT2D eigenvalue weighted by molar-refractivity contribution is -0.0246. The van der Waals surface area contributed by atoms with E-state index in [1.54, 1.807) is 19.2 Å². The van der Waals surface area contributed by atoms with Crippen molar-refractivity contribution < 1.29 is 9.53 Å². The first-order valence-electron chi connectivity index (χ1n) is 7.10. The van der Waals surface area contributed by atoms with Crippen molar-refractivity contribution in [3.63, 3.8) is 0 Å². The molecular formula is C14H21ClN4O2. The molecule has 1 saturated heterocycles. The SMILES string of the molecule is CCN1CCOC(CNC(=O)c2nc(NC)ccc2Cl)C1. The molecule has 2 N–H and O–H groups in total. The summed E-state index contributed by atoms with van der Waals surface area (Å²) in [5.74, 6) is 0.324. The van der Waals surface area contributed by atoms with Crippen LogP contribution in [-0.4, -0.2) is 61.7 Å². The Kier molecular flexibility index (Phi) is 5.78. The highest BCUT2D eigenvalue weighted by molar-refractivity contribution is 6.33. The minimum absolute atomic E-state index is 0.00825. The lowest BCUT2D eigenvalue weighted by Gasteiger charge is -2.32. The fourth-order valence-corrected chi connectivity index (χ4v) is 2.41. The van der Waals surface area contributed by atoms with Crippen LogP contribution < -0.4 is 10.6 Å². The Balaban J connectivity index is 1.92. The Morgan fingerprint density at radius 1 is 1.57 bits per heavy atom. The van der Waals surface area contributed by atoms with Crippen LogP contribution in [0.15, 0.2) is 12.1 Å². The second-order valence-electron chi connectivity index (χ2n) is 4.87. The second kappa shape index (κ2) is 7.59. The van der Waals surface area contributed by atoms with Crippen molar-refractivity contribution >= 4 is 23.3 Å². The molecule has 1 aromatic heterocycles. The molecule has 1 unspecified atom stereocenters. The third kappa shape index (κ3) is 4.30. The number of nitrogens with one attached hydrogen (secondary N) is 2. The molecule has 1 aliphatic heterocycles. The largest absolute Gasteiger partial charge is 0.374 e. The molecule has 0 spiro atoms. The number of anilines is 1. The third-order valence-corrected chi connectivity index (χ3v) is 3.78. The Hall–Kier alpha value is -1.37. The molecule has 0 radical (unpaired) electrons. The number of halogens is 1. The van der Waals surface area contributed by atoms with Gasteiger partial charge in [0, 0.05) is 26.7 Å². The van der Waals surface area contributed by atoms with Gasteiger partial charge in [0.05, 0.1) is 17.7 Å². The number of hydrogen-bond donors (Lipinski definition) is 2. The molecule has 0 aromatic carbocycles. The summed E-state index contributed by atoms with van der Waals surface area (Å²) in [6.07, 6.45) is 0.00825. The van der Waals surface area contributed by atoms with E-state index in [1.165, 1.54) is 0 Å². The van der Waals surface area contributed by atoms with Crippen LogP contribution in [0.5, 0.6) is 0 Å². The van der Waals surface area contributed by atoms with E-state index in [0.717, 1.165) is 19.6 Å². The fourth-order valence-electron chi connectivity index (χ4n) is 2.22. The van der Waals surface area contributed by atoms with Crippen LogP contribution in [0.2, 0.25) is 5.02 Å². The van der Waals surface area contributed by atoms with Gasteiger partial charge in [-0.3, -0.25) is 9.69 Å². The highest BCUT2D eigenvalue weighted by atomic mass is 35.5. The molecule has 0 bridgehead atoms. The Morgan fingerprint density at radius 2 is 2.38 bits per heavy atom. The summed E-state index contributed by atoms with van der Waals surface area (Å²) < 4.78 is 5.65. The van der Waals surface area contributed by atoms with E-state index in [-0.39, 0.29) is 17.7 Å². The number of rotatable bonds is 5. The van der Waals surface area contributed by atoms with E-state index < -0.39 is 0 Å². The monoisotopic (exact) mass is 312 g/mol. The van der Waals surface area contributed by atoms with Gasteiger partial charge in [-0.05, 0) is 18.7 Å². The lowest BCUT2D eigenvalue weighted by Crippen LogP contribution is -2.47. The van der Waals surface area contributed by atoms with Crippen molar-refractivity contribution in [1.82, 2.24) is 15.2 Å². The zero-order valence-electron chi connectivity index (χ0n) is 12.4. The summed E-state index contributed by atoms with van der Waals surface area (Å²) in [5, 5.41) is 6.07. The van der Waals surface area contributed by atoms with E-state index in [0.29, 0.717) is 24.0 Å². The summed E-state index contributed by atoms with van der Waals surface area (Å²) >= 11 is 6.02. The molecule has 1 aliphatic rings. The van der Waals surface area contributed by atoms with Gasteiger partial charge >= 0.3 is 0 Å². The quantitative estimate of drug-likeness (QED) is 0.856. The average Bonchev–Trinajstić information content (AvgIpc) is 2.53. The van der Waals surface area contributed by atoms with Crippen molar-refractivity contribution in [1.29, 1.82) is 0 Å². The van der Waals surface area contributed by atoms with E-state index >= 15 is 0 Å². The normalized spacial score (nSPS) is 19.3. The van der Waals surface area contributed by atoms with Gasteiger partial charge in [0.2, 0.25) is 0 Å². The predicted octanol–water partition coefficient (Wildman–Crippen LogP) is 1.23. The first-order chi connectivity index (χ1) is 10.1. The first-order valence-corrected chi connectivity index (χ1v) is 7.48. The highest BCUT2D eigenvalue weighted by Crippen LogP contribution is 2.16. The summed E-state index contributed by atoms with van der Waals surface area (Å²) in [6.45, 7) is 6.03. The zero-order valence-corrected chi connectivity index (χ0v) is 13.1. The van der Waals surface area contributed by atoms with Crippen LogP contribution in [0.25, 0.3) is 0 Å². The van der Waals surface area contributed by atoms with E-state index in [1.807, 2.05) is 0 Å². The van der Waals surface area contributed by atoms with Gasteiger partial charge in [0.25, 0.3) is 5.91 Å². The van der Waals surface area contributed by atoms with Crippen LogP contribution >= 0.6 is 11.6 Å².